The molecule has 2 aromatic carbocycles. The number of carbonyl (C=O) groups excluding carboxylic acids is 1. The molecule has 0 saturated heterocycles. The van der Waals surface area contributed by atoms with Crippen molar-refractivity contribution in [2.75, 3.05) is 20.1 Å². The summed E-state index contributed by atoms with van der Waals surface area (Å²) in [7, 11) is 2.11. The van der Waals surface area contributed by atoms with Crippen LogP contribution < -0.4 is 0 Å². The predicted octanol–water partition coefficient (Wildman–Crippen LogP) is 5.10. The van der Waals surface area contributed by atoms with E-state index in [4.69, 9.17) is 11.6 Å². The van der Waals surface area contributed by atoms with Gasteiger partial charge in [-0.1, -0.05) is 29.8 Å². The summed E-state index contributed by atoms with van der Waals surface area (Å²) >= 11 is 5.80. The molecular weight excluding hydrogens is 363 g/mol. The number of ketones is 1. The van der Waals surface area contributed by atoms with E-state index in [1.165, 1.54) is 23.3 Å². The first-order chi connectivity index (χ1) is 13.0. The fourth-order valence-corrected chi connectivity index (χ4v) is 3.73. The second-order valence-corrected chi connectivity index (χ2v) is 7.43. The van der Waals surface area contributed by atoms with Gasteiger partial charge in [0.15, 0.2) is 11.6 Å². The van der Waals surface area contributed by atoms with E-state index >= 15 is 0 Å². The SMILES string of the molecule is CN1CC=C(c2c[nH]c3ccc(CC(=O)c4cccc(Cl)c4F)cc23)CC1. The van der Waals surface area contributed by atoms with Gasteiger partial charge >= 0.3 is 0 Å². The molecule has 2 heterocycles. The standard InChI is InChI=1S/C22H20ClFN2O/c1-26-9-7-15(8-10-26)18-13-25-20-6-5-14(11-17(18)20)12-21(27)16-3-2-4-19(23)22(16)24/h2-7,11,13,25H,8-10,12H2,1H3. The number of Topliss-reactive ketones (excluding diaryl/α,β-unsaturated/α-hetero) is 1. The number of nitrogens with one attached hydrogen (secondary N) is 1. The second-order valence-electron chi connectivity index (χ2n) is 7.03. The Bertz CT molecular complexity index is 1050. The normalized spacial score (nSPS) is 15.1. The third-order valence-corrected chi connectivity index (χ3v) is 5.41. The van der Waals surface area contributed by atoms with Crippen molar-refractivity contribution in [3.63, 3.8) is 0 Å². The molecule has 3 aromatic rings. The van der Waals surface area contributed by atoms with Crippen molar-refractivity contribution in [1.82, 2.24) is 9.88 Å². The van der Waals surface area contributed by atoms with Crippen molar-refractivity contribution in [3.05, 3.63) is 76.2 Å². The molecule has 138 valence electrons. The van der Waals surface area contributed by atoms with Crippen molar-refractivity contribution in [3.8, 4) is 0 Å². The Morgan fingerprint density at radius 3 is 2.93 bits per heavy atom. The predicted molar refractivity (Wildman–Crippen MR) is 108 cm³/mol. The molecule has 0 radical (unpaired) electrons. The van der Waals surface area contributed by atoms with E-state index in [-0.39, 0.29) is 22.8 Å². The van der Waals surface area contributed by atoms with Crippen molar-refractivity contribution < 1.29 is 9.18 Å². The third-order valence-electron chi connectivity index (χ3n) is 5.12. The van der Waals surface area contributed by atoms with Crippen LogP contribution in [0.1, 0.15) is 27.9 Å². The number of nitrogens with zero attached hydrogens (tertiary/aromatic N) is 1. The van der Waals surface area contributed by atoms with Crippen LogP contribution >= 0.6 is 11.6 Å². The lowest BCUT2D eigenvalue weighted by Gasteiger charge is -2.21. The molecule has 0 saturated carbocycles. The van der Waals surface area contributed by atoms with Crippen LogP contribution in [0.4, 0.5) is 4.39 Å². The highest BCUT2D eigenvalue weighted by atomic mass is 35.5. The van der Waals surface area contributed by atoms with E-state index < -0.39 is 5.82 Å². The fourth-order valence-electron chi connectivity index (χ4n) is 3.56. The summed E-state index contributed by atoms with van der Waals surface area (Å²) in [4.78, 5) is 18.1. The van der Waals surface area contributed by atoms with E-state index in [0.29, 0.717) is 0 Å². The minimum absolute atomic E-state index is 0.0292. The largest absolute Gasteiger partial charge is 0.361 e. The first-order valence-electron chi connectivity index (χ1n) is 8.98. The molecule has 0 atom stereocenters. The first-order valence-corrected chi connectivity index (χ1v) is 9.36. The lowest BCUT2D eigenvalue weighted by molar-refractivity contribution is 0.0989. The van der Waals surface area contributed by atoms with Crippen LogP contribution in [-0.4, -0.2) is 35.8 Å². The van der Waals surface area contributed by atoms with Gasteiger partial charge in [-0.2, -0.15) is 0 Å². The van der Waals surface area contributed by atoms with Crippen LogP contribution in [0, 0.1) is 5.82 Å². The second kappa shape index (κ2) is 7.29. The molecule has 0 fully saturated rings. The summed E-state index contributed by atoms with van der Waals surface area (Å²) in [5, 5.41) is 1.07. The number of aromatic nitrogens is 1. The molecule has 1 aliphatic rings. The van der Waals surface area contributed by atoms with E-state index in [2.05, 4.69) is 23.0 Å². The number of hydrogen-bond donors (Lipinski definition) is 1. The smallest absolute Gasteiger partial charge is 0.170 e. The highest BCUT2D eigenvalue weighted by Gasteiger charge is 2.17. The molecule has 5 heteroatoms. The number of rotatable bonds is 4. The minimum atomic E-state index is -0.649. The molecule has 1 aliphatic heterocycles. The van der Waals surface area contributed by atoms with Gasteiger partial charge in [-0.05, 0) is 48.9 Å². The molecule has 0 bridgehead atoms. The molecular formula is C22H20ClFN2O. The summed E-state index contributed by atoms with van der Waals surface area (Å²) in [6.07, 6.45) is 5.43. The number of halogens is 2. The summed E-state index contributed by atoms with van der Waals surface area (Å²) in [6, 6.07) is 10.4. The average Bonchev–Trinajstić information content (AvgIpc) is 3.08. The van der Waals surface area contributed by atoms with Crippen LogP contribution in [0.25, 0.3) is 16.5 Å². The van der Waals surface area contributed by atoms with Gasteiger partial charge in [0.1, 0.15) is 0 Å². The Hall–Kier alpha value is -2.43. The van der Waals surface area contributed by atoms with Crippen molar-refractivity contribution >= 4 is 33.9 Å². The average molecular weight is 383 g/mol. The molecule has 3 nitrogen and oxygen atoms in total. The number of H-pyrrole nitrogens is 1. The summed E-state index contributed by atoms with van der Waals surface area (Å²) in [5.74, 6) is -0.922. The number of fused-ring (bicyclic) bond motifs is 1. The van der Waals surface area contributed by atoms with Gasteiger partial charge in [-0.3, -0.25) is 4.79 Å². The Morgan fingerprint density at radius 2 is 2.15 bits per heavy atom. The maximum Gasteiger partial charge on any atom is 0.170 e. The number of carbonyl (C=O) groups is 1. The van der Waals surface area contributed by atoms with Gasteiger partial charge < -0.3 is 9.88 Å². The number of aromatic amines is 1. The van der Waals surface area contributed by atoms with Crippen molar-refractivity contribution in [1.29, 1.82) is 0 Å². The van der Waals surface area contributed by atoms with Gasteiger partial charge in [-0.25, -0.2) is 4.39 Å². The Morgan fingerprint density at radius 1 is 1.30 bits per heavy atom. The summed E-state index contributed by atoms with van der Waals surface area (Å²) in [6.45, 7) is 1.97. The number of benzene rings is 2. The zero-order valence-electron chi connectivity index (χ0n) is 15.1. The van der Waals surface area contributed by atoms with Gasteiger partial charge in [0, 0.05) is 42.2 Å². The summed E-state index contributed by atoms with van der Waals surface area (Å²) < 4.78 is 14.1. The van der Waals surface area contributed by atoms with E-state index in [1.54, 1.807) is 6.07 Å². The molecule has 4 rings (SSSR count). The highest BCUT2D eigenvalue weighted by molar-refractivity contribution is 6.31. The number of hydrogen-bond acceptors (Lipinski definition) is 2. The van der Waals surface area contributed by atoms with Crippen LogP contribution in [0.2, 0.25) is 5.02 Å². The Kier molecular flexibility index (Phi) is 4.85. The zero-order valence-corrected chi connectivity index (χ0v) is 15.8. The third kappa shape index (κ3) is 3.55. The number of likely N-dealkylation sites (N-methyl/N-ethyl adjacent to an activating group) is 1. The monoisotopic (exact) mass is 382 g/mol. The van der Waals surface area contributed by atoms with E-state index in [0.717, 1.165) is 36.0 Å². The van der Waals surface area contributed by atoms with E-state index in [1.807, 2.05) is 24.4 Å². The van der Waals surface area contributed by atoms with Crippen LogP contribution in [0.3, 0.4) is 0 Å². The van der Waals surface area contributed by atoms with E-state index in [9.17, 15) is 9.18 Å². The molecule has 1 aromatic heterocycles. The first kappa shape index (κ1) is 18.0. The van der Waals surface area contributed by atoms with Crippen LogP contribution in [0.5, 0.6) is 0 Å². The Balaban J connectivity index is 1.64. The molecule has 0 amide bonds. The molecule has 0 aliphatic carbocycles. The quantitative estimate of drug-likeness (QED) is 0.637. The fraction of sp³-hybridized carbons (Fsp3) is 0.227. The highest BCUT2D eigenvalue weighted by Crippen LogP contribution is 2.30. The van der Waals surface area contributed by atoms with Crippen molar-refractivity contribution in [2.24, 2.45) is 0 Å². The maximum atomic E-state index is 14.1. The zero-order chi connectivity index (χ0) is 19.0. The molecule has 0 spiro atoms. The molecule has 1 N–H and O–H groups in total. The minimum Gasteiger partial charge on any atom is -0.361 e. The van der Waals surface area contributed by atoms with Gasteiger partial charge in [-0.15, -0.1) is 0 Å². The Labute approximate surface area is 162 Å². The van der Waals surface area contributed by atoms with Gasteiger partial charge in [0.25, 0.3) is 0 Å². The maximum absolute atomic E-state index is 14.1. The van der Waals surface area contributed by atoms with Crippen LogP contribution in [0.15, 0.2) is 48.7 Å². The van der Waals surface area contributed by atoms with Gasteiger partial charge in [0.2, 0.25) is 0 Å². The lowest BCUT2D eigenvalue weighted by atomic mass is 9.96. The molecule has 0 unspecified atom stereocenters. The lowest BCUT2D eigenvalue weighted by Crippen LogP contribution is -2.23. The van der Waals surface area contributed by atoms with Gasteiger partial charge in [0.05, 0.1) is 10.6 Å². The topological polar surface area (TPSA) is 36.1 Å². The van der Waals surface area contributed by atoms with Crippen LogP contribution in [-0.2, 0) is 6.42 Å². The summed E-state index contributed by atoms with van der Waals surface area (Å²) in [5.41, 5.74) is 4.44. The van der Waals surface area contributed by atoms with Crippen molar-refractivity contribution in [2.45, 2.75) is 12.8 Å². The molecule has 27 heavy (non-hydrogen) atoms.